The highest BCUT2D eigenvalue weighted by atomic mass is 32.2. The SMILES string of the molecule is Nc1ccccc1NC(=O)CCCCC(=O)NCc1ccccc1-c1ccc(C2OC(CSc3nnnn3-c3ccc(O)cc3)CC(c3ccc(CO)cc3)O2)cc1. The Kier molecular flexibility index (Phi) is 13.4. The van der Waals surface area contributed by atoms with Crippen molar-refractivity contribution in [2.24, 2.45) is 0 Å². The second kappa shape index (κ2) is 19.4. The Morgan fingerprint density at radius 1 is 0.828 bits per heavy atom. The van der Waals surface area contributed by atoms with Gasteiger partial charge in [0, 0.05) is 37.1 Å². The molecule has 0 spiro atoms. The maximum Gasteiger partial charge on any atom is 0.224 e. The van der Waals surface area contributed by atoms with Crippen LogP contribution in [0.2, 0.25) is 0 Å². The fourth-order valence-electron chi connectivity index (χ4n) is 6.67. The molecule has 5 aromatic carbocycles. The lowest BCUT2D eigenvalue weighted by atomic mass is 9.97. The van der Waals surface area contributed by atoms with Gasteiger partial charge in [0.2, 0.25) is 17.0 Å². The van der Waals surface area contributed by atoms with Crippen molar-refractivity contribution >= 4 is 35.0 Å². The minimum absolute atomic E-state index is 0.0393. The van der Waals surface area contributed by atoms with E-state index in [1.807, 2.05) is 84.9 Å². The Balaban J connectivity index is 0.972. The zero-order chi connectivity index (χ0) is 40.3. The lowest BCUT2D eigenvalue weighted by molar-refractivity contribution is -0.245. The number of anilines is 2. The van der Waals surface area contributed by atoms with E-state index in [2.05, 4.69) is 26.2 Å². The van der Waals surface area contributed by atoms with Crippen molar-refractivity contribution in [2.45, 2.75) is 68.9 Å². The minimum Gasteiger partial charge on any atom is -0.508 e. The number of benzene rings is 5. The number of phenols is 1. The summed E-state index contributed by atoms with van der Waals surface area (Å²) in [6, 6.07) is 37.6. The fraction of sp³-hybridized carbons (Fsp3) is 0.250. The van der Waals surface area contributed by atoms with Crippen molar-refractivity contribution in [3.63, 3.8) is 0 Å². The van der Waals surface area contributed by atoms with Crippen molar-refractivity contribution in [3.8, 4) is 22.6 Å². The van der Waals surface area contributed by atoms with Gasteiger partial charge in [-0.1, -0.05) is 96.7 Å². The van der Waals surface area contributed by atoms with E-state index >= 15 is 0 Å². The summed E-state index contributed by atoms with van der Waals surface area (Å²) in [5.41, 5.74) is 13.4. The predicted molar refractivity (Wildman–Crippen MR) is 222 cm³/mol. The van der Waals surface area contributed by atoms with Gasteiger partial charge < -0.3 is 36.1 Å². The third kappa shape index (κ3) is 10.5. The maximum absolute atomic E-state index is 12.8. The number of hydrogen-bond acceptors (Lipinski definition) is 11. The van der Waals surface area contributed by atoms with Gasteiger partial charge in [-0.15, -0.1) is 5.10 Å². The van der Waals surface area contributed by atoms with E-state index in [1.54, 1.807) is 41.1 Å². The van der Waals surface area contributed by atoms with Gasteiger partial charge in [0.15, 0.2) is 6.29 Å². The summed E-state index contributed by atoms with van der Waals surface area (Å²) in [5, 5.41) is 38.0. The van der Waals surface area contributed by atoms with E-state index in [-0.39, 0.29) is 36.4 Å². The van der Waals surface area contributed by atoms with Gasteiger partial charge in [-0.05, 0) is 87.5 Å². The molecule has 1 aromatic heterocycles. The number of aromatic hydroxyl groups is 1. The number of carbonyl (C=O) groups is 2. The van der Waals surface area contributed by atoms with Gasteiger partial charge in [0.25, 0.3) is 0 Å². The summed E-state index contributed by atoms with van der Waals surface area (Å²) in [5.74, 6) is 0.509. The van der Waals surface area contributed by atoms with Crippen molar-refractivity contribution in [1.82, 2.24) is 25.5 Å². The van der Waals surface area contributed by atoms with E-state index in [1.165, 1.54) is 11.8 Å². The van der Waals surface area contributed by atoms with Gasteiger partial charge in [0.05, 0.1) is 35.9 Å². The van der Waals surface area contributed by atoms with Crippen LogP contribution in [0.5, 0.6) is 5.75 Å². The number of rotatable bonds is 16. The smallest absolute Gasteiger partial charge is 0.224 e. The monoisotopic (exact) mass is 799 g/mol. The molecule has 1 fully saturated rings. The quantitative estimate of drug-likeness (QED) is 0.0377. The molecule has 6 aromatic rings. The molecule has 2 heterocycles. The van der Waals surface area contributed by atoms with Crippen LogP contribution in [-0.2, 0) is 32.2 Å². The van der Waals surface area contributed by atoms with Crippen LogP contribution in [0.25, 0.3) is 16.8 Å². The second-order valence-electron chi connectivity index (χ2n) is 13.9. The van der Waals surface area contributed by atoms with E-state index in [4.69, 9.17) is 15.2 Å². The predicted octanol–water partition coefficient (Wildman–Crippen LogP) is 7.26. The number of phenolic OH excluding ortho intramolecular Hbond substituents is 1. The lowest BCUT2D eigenvalue weighted by Crippen LogP contribution is -2.31. The minimum atomic E-state index is -0.652. The van der Waals surface area contributed by atoms with Crippen LogP contribution in [0.3, 0.4) is 0 Å². The zero-order valence-electron chi connectivity index (χ0n) is 31.7. The van der Waals surface area contributed by atoms with E-state index in [0.717, 1.165) is 39.1 Å². The van der Waals surface area contributed by atoms with Crippen molar-refractivity contribution < 1.29 is 29.3 Å². The molecule has 14 heteroatoms. The van der Waals surface area contributed by atoms with E-state index in [0.29, 0.717) is 60.9 Å². The number of nitrogens with zero attached hydrogens (tertiary/aromatic N) is 4. The molecule has 298 valence electrons. The molecule has 13 nitrogen and oxygen atoms in total. The van der Waals surface area contributed by atoms with Crippen LogP contribution >= 0.6 is 11.8 Å². The number of nitrogens with two attached hydrogens (primary N) is 1. The summed E-state index contributed by atoms with van der Waals surface area (Å²) in [7, 11) is 0. The molecule has 0 radical (unpaired) electrons. The number of nitrogen functional groups attached to an aromatic ring is 1. The molecule has 6 N–H and O–H groups in total. The first-order valence-corrected chi connectivity index (χ1v) is 20.1. The molecule has 1 aliphatic heterocycles. The van der Waals surface area contributed by atoms with Crippen molar-refractivity contribution in [2.75, 3.05) is 16.8 Å². The Hall–Kier alpha value is -6.06. The third-order valence-corrected chi connectivity index (χ3v) is 10.9. The molecular formula is C44H45N7O6S. The van der Waals surface area contributed by atoms with Crippen molar-refractivity contribution in [3.05, 3.63) is 144 Å². The average molecular weight is 800 g/mol. The largest absolute Gasteiger partial charge is 0.508 e. The number of tetrazole rings is 1. The summed E-state index contributed by atoms with van der Waals surface area (Å²) in [6.07, 6.45) is 1.26. The second-order valence-corrected chi connectivity index (χ2v) is 14.9. The fourth-order valence-corrected chi connectivity index (χ4v) is 7.58. The van der Waals surface area contributed by atoms with Gasteiger partial charge in [-0.2, -0.15) is 4.68 Å². The molecule has 3 unspecified atom stereocenters. The van der Waals surface area contributed by atoms with Gasteiger partial charge in [0.1, 0.15) is 5.75 Å². The summed E-state index contributed by atoms with van der Waals surface area (Å²) >= 11 is 1.48. The first kappa shape index (κ1) is 40.1. The van der Waals surface area contributed by atoms with Crippen molar-refractivity contribution in [1.29, 1.82) is 0 Å². The Labute approximate surface area is 340 Å². The standard InChI is InChI=1S/C44H45N7O6S/c45-38-9-3-4-10-39(38)47-42(55)12-6-5-11-41(54)46-26-33-7-1-2-8-37(33)30-17-19-32(20-18-30)43-56-36(25-40(57-43)31-15-13-29(27-52)14-16-31)28-58-44-48-49-50-51(44)34-21-23-35(53)24-22-34/h1-4,7-10,13-24,36,40,43,52-53H,5-6,11-12,25-28,45H2,(H,46,54)(H,47,55). The number of unbranched alkanes of at least 4 members (excludes halogenated alkanes) is 1. The number of aliphatic hydroxyl groups is 1. The van der Waals surface area contributed by atoms with Crippen LogP contribution in [0.4, 0.5) is 11.4 Å². The van der Waals surface area contributed by atoms with Gasteiger partial charge in [-0.25, -0.2) is 0 Å². The molecule has 2 amide bonds. The Morgan fingerprint density at radius 3 is 2.29 bits per heavy atom. The van der Waals surface area contributed by atoms with Gasteiger partial charge >= 0.3 is 0 Å². The highest BCUT2D eigenvalue weighted by Gasteiger charge is 2.33. The number of thioether (sulfide) groups is 1. The number of nitrogens with one attached hydrogen (secondary N) is 2. The topological polar surface area (TPSA) is 187 Å². The van der Waals surface area contributed by atoms with Crippen LogP contribution in [0.15, 0.2) is 126 Å². The molecule has 0 saturated carbocycles. The van der Waals surface area contributed by atoms with E-state index < -0.39 is 6.29 Å². The normalized spacial score (nSPS) is 16.5. The molecule has 0 bridgehead atoms. The van der Waals surface area contributed by atoms with E-state index in [9.17, 15) is 19.8 Å². The van der Waals surface area contributed by atoms with Crippen LogP contribution in [-0.4, -0.2) is 54.1 Å². The molecule has 1 saturated heterocycles. The molecule has 1 aliphatic rings. The zero-order valence-corrected chi connectivity index (χ0v) is 32.6. The molecule has 58 heavy (non-hydrogen) atoms. The van der Waals surface area contributed by atoms with Gasteiger partial charge in [-0.3, -0.25) is 9.59 Å². The summed E-state index contributed by atoms with van der Waals surface area (Å²) in [6.45, 7) is 0.327. The summed E-state index contributed by atoms with van der Waals surface area (Å²) in [4.78, 5) is 25.1. The molecule has 7 rings (SSSR count). The highest BCUT2D eigenvalue weighted by molar-refractivity contribution is 7.99. The number of aliphatic hydroxyl groups excluding tert-OH is 1. The maximum atomic E-state index is 12.8. The number of para-hydroxylation sites is 2. The Bertz CT molecular complexity index is 2290. The number of amides is 2. The number of hydrogen-bond donors (Lipinski definition) is 5. The highest BCUT2D eigenvalue weighted by Crippen LogP contribution is 2.40. The van der Waals surface area contributed by atoms with Crippen LogP contribution in [0.1, 0.15) is 66.8 Å². The molecular weight excluding hydrogens is 755 g/mol. The third-order valence-electron chi connectivity index (χ3n) is 9.83. The molecule has 0 aliphatic carbocycles. The lowest BCUT2D eigenvalue weighted by Gasteiger charge is -2.36. The molecule has 3 atom stereocenters. The average Bonchev–Trinajstić information content (AvgIpc) is 3.73. The number of carbonyl (C=O) groups excluding carboxylic acids is 2. The summed E-state index contributed by atoms with van der Waals surface area (Å²) < 4.78 is 14.8. The first-order valence-electron chi connectivity index (χ1n) is 19.1. The number of ether oxygens (including phenoxy) is 2. The number of aromatic nitrogens is 4. The first-order chi connectivity index (χ1) is 28.3. The van der Waals surface area contributed by atoms with Crippen LogP contribution < -0.4 is 16.4 Å². The Morgan fingerprint density at radius 2 is 1.53 bits per heavy atom. The van der Waals surface area contributed by atoms with Crippen LogP contribution in [0, 0.1) is 0 Å².